The van der Waals surface area contributed by atoms with E-state index in [0.717, 1.165) is 16.5 Å². The van der Waals surface area contributed by atoms with Crippen LogP contribution in [-0.4, -0.2) is 17.1 Å². The van der Waals surface area contributed by atoms with Crippen molar-refractivity contribution in [2.24, 2.45) is 0 Å². The van der Waals surface area contributed by atoms with E-state index >= 15 is 0 Å². The van der Waals surface area contributed by atoms with E-state index in [2.05, 4.69) is 16.4 Å². The minimum absolute atomic E-state index is 0.166. The lowest BCUT2D eigenvalue weighted by Gasteiger charge is -2.19. The Morgan fingerprint density at radius 3 is 2.82 bits per heavy atom. The number of hydrogen-bond donors (Lipinski definition) is 2. The molecular weight excluding hydrogens is 274 g/mol. The predicted octanol–water partition coefficient (Wildman–Crippen LogP) is 3.12. The van der Waals surface area contributed by atoms with Gasteiger partial charge in [0.15, 0.2) is 0 Å². The Kier molecular flexibility index (Phi) is 3.73. The van der Waals surface area contributed by atoms with E-state index in [1.807, 2.05) is 49.5 Å². The number of nitrogens with zero attached hydrogens (tertiary/aromatic N) is 2. The summed E-state index contributed by atoms with van der Waals surface area (Å²) in [5.74, 6) is 0.166. The fourth-order valence-corrected chi connectivity index (χ4v) is 2.67. The molecule has 0 radical (unpaired) electrons. The third-order valence-corrected chi connectivity index (χ3v) is 3.73. The Labute approximate surface area is 128 Å². The number of nitriles is 1. The van der Waals surface area contributed by atoms with Crippen LogP contribution in [-0.2, 0) is 0 Å². The zero-order valence-corrected chi connectivity index (χ0v) is 12.1. The number of phenolic OH excluding ortho intramolecular Hbond substituents is 1. The topological polar surface area (TPSA) is 68.9 Å². The van der Waals surface area contributed by atoms with Gasteiger partial charge in [-0.25, -0.2) is 0 Å². The van der Waals surface area contributed by atoms with Crippen LogP contribution in [0.25, 0.3) is 10.9 Å². The van der Waals surface area contributed by atoms with Crippen LogP contribution in [0.1, 0.15) is 22.7 Å². The van der Waals surface area contributed by atoms with Gasteiger partial charge in [-0.1, -0.05) is 30.3 Å². The Hall–Kier alpha value is -2.90. The van der Waals surface area contributed by atoms with Crippen LogP contribution >= 0.6 is 0 Å². The zero-order valence-electron chi connectivity index (χ0n) is 12.1. The summed E-state index contributed by atoms with van der Waals surface area (Å²) in [4.78, 5) is 4.26. The van der Waals surface area contributed by atoms with Gasteiger partial charge in [0, 0.05) is 17.1 Å². The van der Waals surface area contributed by atoms with Crippen LogP contribution in [0, 0.1) is 11.3 Å². The molecule has 0 bridgehead atoms. The minimum atomic E-state index is -0.209. The molecule has 0 spiro atoms. The number of aromatic hydroxyl groups is 1. The molecule has 2 aromatic carbocycles. The van der Waals surface area contributed by atoms with Crippen LogP contribution in [0.3, 0.4) is 0 Å². The molecule has 4 nitrogen and oxygen atoms in total. The first-order valence-electron chi connectivity index (χ1n) is 6.98. The van der Waals surface area contributed by atoms with Crippen LogP contribution in [0.2, 0.25) is 0 Å². The largest absolute Gasteiger partial charge is 0.505 e. The highest BCUT2D eigenvalue weighted by Gasteiger charge is 2.18. The van der Waals surface area contributed by atoms with Gasteiger partial charge in [0.25, 0.3) is 0 Å². The van der Waals surface area contributed by atoms with Crippen molar-refractivity contribution in [3.05, 3.63) is 71.4 Å². The maximum atomic E-state index is 10.6. The van der Waals surface area contributed by atoms with E-state index in [0.29, 0.717) is 11.1 Å². The van der Waals surface area contributed by atoms with Crippen molar-refractivity contribution in [2.45, 2.75) is 6.04 Å². The molecule has 4 heteroatoms. The molecule has 0 aliphatic heterocycles. The molecule has 1 aromatic heterocycles. The number of fused-ring (bicyclic) bond motifs is 1. The predicted molar refractivity (Wildman–Crippen MR) is 85.5 cm³/mol. The Bertz CT molecular complexity index is 868. The molecule has 0 saturated carbocycles. The number of benzene rings is 2. The van der Waals surface area contributed by atoms with Gasteiger partial charge in [-0.3, -0.25) is 4.98 Å². The highest BCUT2D eigenvalue weighted by molar-refractivity contribution is 5.85. The number of aromatic nitrogens is 1. The molecule has 22 heavy (non-hydrogen) atoms. The van der Waals surface area contributed by atoms with Crippen molar-refractivity contribution >= 4 is 10.9 Å². The lowest BCUT2D eigenvalue weighted by molar-refractivity contribution is 0.466. The number of nitrogens with one attached hydrogen (secondary N) is 1. The second-order valence-electron chi connectivity index (χ2n) is 5.04. The van der Waals surface area contributed by atoms with E-state index < -0.39 is 0 Å². The van der Waals surface area contributed by atoms with Gasteiger partial charge in [-0.05, 0) is 30.8 Å². The molecule has 108 valence electrons. The van der Waals surface area contributed by atoms with Crippen molar-refractivity contribution in [1.29, 1.82) is 5.26 Å². The molecule has 3 aromatic rings. The second kappa shape index (κ2) is 5.84. The molecule has 2 N–H and O–H groups in total. The molecular formula is C18H15N3O. The Morgan fingerprint density at radius 1 is 1.18 bits per heavy atom. The number of pyridine rings is 1. The van der Waals surface area contributed by atoms with Crippen molar-refractivity contribution in [2.75, 3.05) is 7.05 Å². The van der Waals surface area contributed by atoms with Crippen LogP contribution in [0.4, 0.5) is 0 Å². The summed E-state index contributed by atoms with van der Waals surface area (Å²) in [6.07, 6.45) is 1.66. The molecule has 0 aliphatic rings. The molecule has 0 aliphatic carbocycles. The summed E-state index contributed by atoms with van der Waals surface area (Å²) < 4.78 is 0. The average molecular weight is 289 g/mol. The van der Waals surface area contributed by atoms with Crippen molar-refractivity contribution in [3.63, 3.8) is 0 Å². The van der Waals surface area contributed by atoms with Crippen molar-refractivity contribution in [3.8, 4) is 11.8 Å². The number of hydrogen-bond acceptors (Lipinski definition) is 4. The molecule has 3 rings (SSSR count). The van der Waals surface area contributed by atoms with E-state index in [4.69, 9.17) is 5.26 Å². The maximum absolute atomic E-state index is 10.6. The highest BCUT2D eigenvalue weighted by atomic mass is 16.3. The van der Waals surface area contributed by atoms with Gasteiger partial charge in [0.2, 0.25) is 0 Å². The summed E-state index contributed by atoms with van der Waals surface area (Å²) in [7, 11) is 1.83. The smallest absolute Gasteiger partial charge is 0.146 e. The summed E-state index contributed by atoms with van der Waals surface area (Å²) in [5, 5.41) is 23.7. The van der Waals surface area contributed by atoms with Crippen LogP contribution in [0.5, 0.6) is 5.75 Å². The summed E-state index contributed by atoms with van der Waals surface area (Å²) in [6, 6.07) is 16.9. The van der Waals surface area contributed by atoms with Gasteiger partial charge in [0.05, 0.1) is 17.7 Å². The molecule has 0 fully saturated rings. The molecule has 0 amide bonds. The molecule has 0 saturated heterocycles. The van der Waals surface area contributed by atoms with Gasteiger partial charge >= 0.3 is 0 Å². The molecule has 1 unspecified atom stereocenters. The van der Waals surface area contributed by atoms with E-state index in [1.165, 1.54) is 0 Å². The van der Waals surface area contributed by atoms with Gasteiger partial charge in [0.1, 0.15) is 11.3 Å². The van der Waals surface area contributed by atoms with Gasteiger partial charge in [-0.2, -0.15) is 5.26 Å². The lowest BCUT2D eigenvalue weighted by atomic mass is 9.95. The van der Waals surface area contributed by atoms with Gasteiger partial charge in [-0.15, -0.1) is 0 Å². The lowest BCUT2D eigenvalue weighted by Crippen LogP contribution is -2.18. The SMILES string of the molecule is CNC(c1cccc(C#N)c1)c1ccc2cccnc2c1O. The summed E-state index contributed by atoms with van der Waals surface area (Å²) in [6.45, 7) is 0. The van der Waals surface area contributed by atoms with Crippen LogP contribution < -0.4 is 5.32 Å². The first-order valence-corrected chi connectivity index (χ1v) is 6.98. The third-order valence-electron chi connectivity index (χ3n) is 3.73. The van der Waals surface area contributed by atoms with Crippen LogP contribution in [0.15, 0.2) is 54.7 Å². The molecule has 1 heterocycles. The Balaban J connectivity index is 2.15. The fraction of sp³-hybridized carbons (Fsp3) is 0.111. The van der Waals surface area contributed by atoms with Crippen molar-refractivity contribution < 1.29 is 5.11 Å². The van der Waals surface area contributed by atoms with E-state index in [9.17, 15) is 5.11 Å². The van der Waals surface area contributed by atoms with Gasteiger partial charge < -0.3 is 10.4 Å². The summed E-state index contributed by atoms with van der Waals surface area (Å²) >= 11 is 0. The average Bonchev–Trinajstić information content (AvgIpc) is 2.58. The zero-order chi connectivity index (χ0) is 15.5. The monoisotopic (exact) mass is 289 g/mol. The first kappa shape index (κ1) is 14.1. The minimum Gasteiger partial charge on any atom is -0.505 e. The molecule has 1 atom stereocenters. The standard InChI is InChI=1S/C18H15N3O/c1-20-16(14-5-2-4-12(10-14)11-19)15-8-7-13-6-3-9-21-17(13)18(15)22/h2-10,16,20,22H,1H3. The van der Waals surface area contributed by atoms with E-state index in [1.54, 1.807) is 12.3 Å². The quantitative estimate of drug-likeness (QED) is 0.777. The Morgan fingerprint density at radius 2 is 2.05 bits per heavy atom. The maximum Gasteiger partial charge on any atom is 0.146 e. The number of phenols is 1. The fourth-order valence-electron chi connectivity index (χ4n) is 2.67. The normalized spacial score (nSPS) is 12.0. The van der Waals surface area contributed by atoms with Crippen molar-refractivity contribution in [1.82, 2.24) is 10.3 Å². The summed E-state index contributed by atoms with van der Waals surface area (Å²) in [5.41, 5.74) is 2.84. The first-order chi connectivity index (χ1) is 10.7. The van der Waals surface area contributed by atoms with E-state index in [-0.39, 0.29) is 11.8 Å². The third kappa shape index (κ3) is 2.39. The second-order valence-corrected chi connectivity index (χ2v) is 5.04. The highest BCUT2D eigenvalue weighted by Crippen LogP contribution is 2.34. The number of rotatable bonds is 3.